The summed E-state index contributed by atoms with van der Waals surface area (Å²) in [5.74, 6) is -0.133. The molecule has 1 aromatic carbocycles. The van der Waals surface area contributed by atoms with Crippen LogP contribution < -0.4 is 10.2 Å². The van der Waals surface area contributed by atoms with E-state index in [1.54, 1.807) is 24.0 Å². The van der Waals surface area contributed by atoms with E-state index in [9.17, 15) is 4.79 Å². The molecule has 0 unspecified atom stereocenters. The summed E-state index contributed by atoms with van der Waals surface area (Å²) >= 11 is 0. The second kappa shape index (κ2) is 4.42. The maximum atomic E-state index is 12.1. The smallest absolute Gasteiger partial charge is 0.273 e. The van der Waals surface area contributed by atoms with Gasteiger partial charge in [-0.1, -0.05) is 0 Å². The summed E-state index contributed by atoms with van der Waals surface area (Å²) in [6.07, 6.45) is 2.65. The van der Waals surface area contributed by atoms with Crippen LogP contribution in [0.2, 0.25) is 0 Å². The number of anilines is 2. The number of likely N-dealkylation sites (N-methyl/N-ethyl adjacent to an activating group) is 1. The second-order valence-electron chi connectivity index (χ2n) is 4.81. The van der Waals surface area contributed by atoms with Gasteiger partial charge in [0.25, 0.3) is 5.91 Å². The Morgan fingerprint density at radius 2 is 2.16 bits per heavy atom. The second-order valence-corrected chi connectivity index (χ2v) is 4.81. The van der Waals surface area contributed by atoms with Gasteiger partial charge in [0, 0.05) is 38.2 Å². The normalized spacial score (nSPS) is 13.5. The van der Waals surface area contributed by atoms with Gasteiger partial charge in [0.1, 0.15) is 5.69 Å². The first kappa shape index (κ1) is 11.8. The summed E-state index contributed by atoms with van der Waals surface area (Å²) < 4.78 is 1.57. The third-order valence-corrected chi connectivity index (χ3v) is 3.52. The van der Waals surface area contributed by atoms with Crippen LogP contribution in [0.5, 0.6) is 0 Å². The van der Waals surface area contributed by atoms with Crippen molar-refractivity contribution in [1.82, 2.24) is 9.78 Å². The minimum absolute atomic E-state index is 0.133. The molecule has 1 aliphatic rings. The van der Waals surface area contributed by atoms with Crippen LogP contribution in [0.3, 0.4) is 0 Å². The molecule has 5 nitrogen and oxygen atoms in total. The van der Waals surface area contributed by atoms with Crippen molar-refractivity contribution in [2.75, 3.05) is 23.8 Å². The Bertz CT molecular complexity index is 632. The lowest BCUT2D eigenvalue weighted by atomic mass is 10.1. The summed E-state index contributed by atoms with van der Waals surface area (Å²) in [6, 6.07) is 7.75. The van der Waals surface area contributed by atoms with Crippen molar-refractivity contribution in [2.24, 2.45) is 7.05 Å². The van der Waals surface area contributed by atoms with Gasteiger partial charge in [-0.2, -0.15) is 5.10 Å². The van der Waals surface area contributed by atoms with Gasteiger partial charge in [-0.05, 0) is 36.2 Å². The number of nitrogens with one attached hydrogen (secondary N) is 1. The Hall–Kier alpha value is -2.30. The predicted octanol–water partition coefficient (Wildman–Crippen LogP) is 1.66. The van der Waals surface area contributed by atoms with Crippen molar-refractivity contribution in [3.05, 3.63) is 41.7 Å². The SMILES string of the molecule is CN1CCc2cc(NC(=O)c3ccnn3C)ccc21. The molecule has 0 saturated heterocycles. The van der Waals surface area contributed by atoms with Crippen molar-refractivity contribution in [1.29, 1.82) is 0 Å². The van der Waals surface area contributed by atoms with Gasteiger partial charge < -0.3 is 10.2 Å². The van der Waals surface area contributed by atoms with Crippen LogP contribution in [-0.4, -0.2) is 29.3 Å². The average Bonchev–Trinajstić information content (AvgIpc) is 2.96. The number of hydrogen-bond donors (Lipinski definition) is 1. The summed E-state index contributed by atoms with van der Waals surface area (Å²) in [5, 5.41) is 6.91. The molecule has 1 amide bonds. The monoisotopic (exact) mass is 256 g/mol. The van der Waals surface area contributed by atoms with Gasteiger partial charge in [0.15, 0.2) is 0 Å². The van der Waals surface area contributed by atoms with E-state index in [4.69, 9.17) is 0 Å². The first-order chi connectivity index (χ1) is 9.15. The van der Waals surface area contributed by atoms with Gasteiger partial charge >= 0.3 is 0 Å². The highest BCUT2D eigenvalue weighted by Crippen LogP contribution is 2.29. The first-order valence-corrected chi connectivity index (χ1v) is 6.28. The molecular weight excluding hydrogens is 240 g/mol. The van der Waals surface area contributed by atoms with Gasteiger partial charge in [-0.15, -0.1) is 0 Å². The zero-order valence-corrected chi connectivity index (χ0v) is 11.1. The number of rotatable bonds is 2. The molecule has 2 heterocycles. The quantitative estimate of drug-likeness (QED) is 0.889. The number of amides is 1. The van der Waals surface area contributed by atoms with Gasteiger partial charge in [-0.3, -0.25) is 9.48 Å². The third kappa shape index (κ3) is 2.07. The van der Waals surface area contributed by atoms with Gasteiger partial charge in [0.2, 0.25) is 0 Å². The number of nitrogens with zero attached hydrogens (tertiary/aromatic N) is 3. The van der Waals surface area contributed by atoms with E-state index in [0.29, 0.717) is 5.69 Å². The lowest BCUT2D eigenvalue weighted by Gasteiger charge is -2.12. The standard InChI is InChI=1S/C14H16N4O/c1-17-8-6-10-9-11(3-4-12(10)17)16-14(19)13-5-7-15-18(13)2/h3-5,7,9H,6,8H2,1-2H3,(H,16,19). The maximum absolute atomic E-state index is 12.1. The average molecular weight is 256 g/mol. The van der Waals surface area contributed by atoms with Crippen molar-refractivity contribution in [3.63, 3.8) is 0 Å². The maximum Gasteiger partial charge on any atom is 0.273 e. The Labute approximate surface area is 111 Å². The summed E-state index contributed by atoms with van der Waals surface area (Å²) in [6.45, 7) is 1.04. The third-order valence-electron chi connectivity index (χ3n) is 3.52. The number of aromatic nitrogens is 2. The van der Waals surface area contributed by atoms with Crippen LogP contribution in [0.15, 0.2) is 30.5 Å². The highest BCUT2D eigenvalue weighted by atomic mass is 16.2. The molecule has 5 heteroatoms. The van der Waals surface area contributed by atoms with Crippen LogP contribution in [-0.2, 0) is 13.5 Å². The molecule has 0 radical (unpaired) electrons. The molecule has 19 heavy (non-hydrogen) atoms. The fourth-order valence-electron chi connectivity index (χ4n) is 2.44. The molecule has 1 aromatic heterocycles. The van der Waals surface area contributed by atoms with Crippen molar-refractivity contribution in [3.8, 4) is 0 Å². The molecule has 0 atom stereocenters. The molecule has 1 aliphatic heterocycles. The summed E-state index contributed by atoms with van der Waals surface area (Å²) in [5.41, 5.74) is 3.92. The first-order valence-electron chi connectivity index (χ1n) is 6.28. The van der Waals surface area contributed by atoms with Gasteiger partial charge in [0.05, 0.1) is 0 Å². The van der Waals surface area contributed by atoms with Gasteiger partial charge in [-0.25, -0.2) is 0 Å². The van der Waals surface area contributed by atoms with Crippen molar-refractivity contribution >= 4 is 17.3 Å². The minimum atomic E-state index is -0.133. The molecular formula is C14H16N4O. The lowest BCUT2D eigenvalue weighted by molar-refractivity contribution is 0.101. The van der Waals surface area contributed by atoms with Crippen LogP contribution in [0.25, 0.3) is 0 Å². The zero-order chi connectivity index (χ0) is 13.4. The number of carbonyl (C=O) groups is 1. The summed E-state index contributed by atoms with van der Waals surface area (Å²) in [7, 11) is 3.84. The van der Waals surface area contributed by atoms with E-state index in [0.717, 1.165) is 18.7 Å². The minimum Gasteiger partial charge on any atom is -0.374 e. The number of aryl methyl sites for hydroxylation is 1. The molecule has 3 rings (SSSR count). The molecule has 0 saturated carbocycles. The Morgan fingerprint density at radius 3 is 2.89 bits per heavy atom. The molecule has 0 fully saturated rings. The van der Waals surface area contributed by atoms with E-state index >= 15 is 0 Å². The van der Waals surface area contributed by atoms with E-state index in [2.05, 4.69) is 28.4 Å². The molecule has 0 spiro atoms. The number of benzene rings is 1. The molecule has 1 N–H and O–H groups in total. The fourth-order valence-corrected chi connectivity index (χ4v) is 2.44. The largest absolute Gasteiger partial charge is 0.374 e. The van der Waals surface area contributed by atoms with E-state index in [1.165, 1.54) is 11.3 Å². The molecule has 2 aromatic rings. The van der Waals surface area contributed by atoms with Crippen LogP contribution in [0.1, 0.15) is 16.1 Å². The number of hydrogen-bond acceptors (Lipinski definition) is 3. The predicted molar refractivity (Wildman–Crippen MR) is 74.6 cm³/mol. The Kier molecular flexibility index (Phi) is 2.74. The molecule has 98 valence electrons. The van der Waals surface area contributed by atoms with E-state index in [1.807, 2.05) is 12.1 Å². The number of carbonyl (C=O) groups excluding carboxylic acids is 1. The zero-order valence-electron chi connectivity index (χ0n) is 11.1. The fraction of sp³-hybridized carbons (Fsp3) is 0.286. The topological polar surface area (TPSA) is 50.2 Å². The van der Waals surface area contributed by atoms with E-state index < -0.39 is 0 Å². The van der Waals surface area contributed by atoms with Crippen LogP contribution in [0.4, 0.5) is 11.4 Å². The Balaban J connectivity index is 1.81. The number of fused-ring (bicyclic) bond motifs is 1. The van der Waals surface area contributed by atoms with Crippen LogP contribution in [0, 0.1) is 0 Å². The van der Waals surface area contributed by atoms with Crippen molar-refractivity contribution < 1.29 is 4.79 Å². The summed E-state index contributed by atoms with van der Waals surface area (Å²) in [4.78, 5) is 14.3. The highest BCUT2D eigenvalue weighted by molar-refractivity contribution is 6.03. The highest BCUT2D eigenvalue weighted by Gasteiger charge is 2.16. The molecule has 0 aliphatic carbocycles. The van der Waals surface area contributed by atoms with Crippen LogP contribution >= 0.6 is 0 Å². The van der Waals surface area contributed by atoms with E-state index in [-0.39, 0.29) is 5.91 Å². The lowest BCUT2D eigenvalue weighted by Crippen LogP contribution is -2.16. The Morgan fingerprint density at radius 1 is 1.32 bits per heavy atom. The molecule has 0 bridgehead atoms. The van der Waals surface area contributed by atoms with Crippen molar-refractivity contribution in [2.45, 2.75) is 6.42 Å².